The lowest BCUT2D eigenvalue weighted by Gasteiger charge is -2.34. The van der Waals surface area contributed by atoms with Crippen molar-refractivity contribution in [1.29, 1.82) is 0 Å². The van der Waals surface area contributed by atoms with Crippen LogP contribution in [0.5, 0.6) is 0 Å². The Morgan fingerprint density at radius 1 is 1.28 bits per heavy atom. The van der Waals surface area contributed by atoms with Crippen LogP contribution < -0.4 is 0 Å². The van der Waals surface area contributed by atoms with Crippen molar-refractivity contribution in [3.8, 4) is 11.8 Å². The van der Waals surface area contributed by atoms with Crippen LogP contribution in [0.3, 0.4) is 0 Å². The van der Waals surface area contributed by atoms with Gasteiger partial charge in [-0.15, -0.1) is 6.58 Å². The molecule has 0 radical (unpaired) electrons. The van der Waals surface area contributed by atoms with Crippen molar-refractivity contribution >= 4 is 0 Å². The van der Waals surface area contributed by atoms with Gasteiger partial charge < -0.3 is 0 Å². The van der Waals surface area contributed by atoms with Gasteiger partial charge in [-0.3, -0.25) is 4.90 Å². The van der Waals surface area contributed by atoms with Crippen LogP contribution in [0.15, 0.2) is 43.0 Å². The van der Waals surface area contributed by atoms with Gasteiger partial charge in [-0.05, 0) is 45.5 Å². The van der Waals surface area contributed by atoms with Crippen molar-refractivity contribution in [3.63, 3.8) is 0 Å². The van der Waals surface area contributed by atoms with E-state index in [0.29, 0.717) is 0 Å². The van der Waals surface area contributed by atoms with Crippen molar-refractivity contribution in [2.75, 3.05) is 14.1 Å². The van der Waals surface area contributed by atoms with Crippen molar-refractivity contribution in [1.82, 2.24) is 4.90 Å². The number of benzene rings is 1. The van der Waals surface area contributed by atoms with E-state index in [1.165, 1.54) is 0 Å². The molecule has 0 aromatic heterocycles. The average Bonchev–Trinajstić information content (AvgIpc) is 2.40. The summed E-state index contributed by atoms with van der Waals surface area (Å²) in [7, 11) is 4.21. The summed E-state index contributed by atoms with van der Waals surface area (Å²) in [6.45, 7) is 6.01. The summed E-state index contributed by atoms with van der Waals surface area (Å²) in [5.74, 6) is 6.76. The molecular weight excluding hydrogens is 218 g/mol. The summed E-state index contributed by atoms with van der Waals surface area (Å²) in [6, 6.07) is 10.2. The maximum atomic E-state index is 3.81. The Kier molecular flexibility index (Phi) is 5.68. The average molecular weight is 241 g/mol. The van der Waals surface area contributed by atoms with Crippen LogP contribution in [-0.4, -0.2) is 24.5 Å². The van der Waals surface area contributed by atoms with E-state index < -0.39 is 0 Å². The molecule has 0 saturated carbocycles. The number of nitrogens with zero attached hydrogens (tertiary/aromatic N) is 1. The van der Waals surface area contributed by atoms with Gasteiger partial charge >= 0.3 is 0 Å². The van der Waals surface area contributed by atoms with E-state index in [1.807, 2.05) is 24.3 Å². The molecule has 0 heterocycles. The lowest BCUT2D eigenvalue weighted by molar-refractivity contribution is 0.199. The summed E-state index contributed by atoms with van der Waals surface area (Å²) < 4.78 is 0. The van der Waals surface area contributed by atoms with Crippen LogP contribution in [0.2, 0.25) is 0 Å². The summed E-state index contributed by atoms with van der Waals surface area (Å²) >= 11 is 0. The molecule has 0 aliphatic heterocycles. The van der Waals surface area contributed by atoms with Gasteiger partial charge in [0.1, 0.15) is 0 Å². The Morgan fingerprint density at radius 2 is 1.94 bits per heavy atom. The monoisotopic (exact) mass is 241 g/mol. The van der Waals surface area contributed by atoms with Gasteiger partial charge in [0.05, 0.1) is 5.54 Å². The number of hydrogen-bond donors (Lipinski definition) is 0. The predicted molar refractivity (Wildman–Crippen MR) is 79.5 cm³/mol. The van der Waals surface area contributed by atoms with E-state index in [0.717, 1.165) is 24.8 Å². The lowest BCUT2D eigenvalue weighted by atomic mass is 9.89. The normalized spacial score (nSPS) is 13.6. The highest BCUT2D eigenvalue weighted by Gasteiger charge is 2.27. The predicted octanol–water partition coefficient (Wildman–Crippen LogP) is 3.71. The molecule has 96 valence electrons. The van der Waals surface area contributed by atoms with Crippen LogP contribution in [0.4, 0.5) is 0 Å². The van der Waals surface area contributed by atoms with Crippen molar-refractivity contribution in [2.24, 2.45) is 0 Å². The third-order valence-corrected chi connectivity index (χ3v) is 3.42. The lowest BCUT2D eigenvalue weighted by Crippen LogP contribution is -2.42. The molecule has 1 aromatic carbocycles. The Morgan fingerprint density at radius 3 is 2.44 bits per heavy atom. The van der Waals surface area contributed by atoms with Gasteiger partial charge in [-0.2, -0.15) is 0 Å². The Hall–Kier alpha value is -1.52. The van der Waals surface area contributed by atoms with E-state index in [1.54, 1.807) is 0 Å². The van der Waals surface area contributed by atoms with Crippen LogP contribution in [0.25, 0.3) is 0 Å². The van der Waals surface area contributed by atoms with E-state index in [4.69, 9.17) is 0 Å². The van der Waals surface area contributed by atoms with Gasteiger partial charge in [0.15, 0.2) is 0 Å². The van der Waals surface area contributed by atoms with Gasteiger partial charge in [-0.25, -0.2) is 0 Å². The second kappa shape index (κ2) is 7.03. The van der Waals surface area contributed by atoms with E-state index in [-0.39, 0.29) is 5.54 Å². The highest BCUT2D eigenvalue weighted by molar-refractivity contribution is 5.36. The van der Waals surface area contributed by atoms with Gasteiger partial charge in [0, 0.05) is 5.56 Å². The van der Waals surface area contributed by atoms with E-state index in [9.17, 15) is 0 Å². The standard InChI is InChI=1S/C17H23N/c1-5-7-14-17(6-2,18(3)4)15-13-16-11-9-8-10-12-16/h5,8-12H,1,6-7,14H2,2-4H3. The van der Waals surface area contributed by atoms with Crippen LogP contribution >= 0.6 is 0 Å². The first-order valence-corrected chi connectivity index (χ1v) is 6.51. The third-order valence-electron chi connectivity index (χ3n) is 3.42. The zero-order chi connectivity index (χ0) is 13.4. The summed E-state index contributed by atoms with van der Waals surface area (Å²) in [5, 5.41) is 0. The number of allylic oxidation sites excluding steroid dienone is 1. The topological polar surface area (TPSA) is 3.24 Å². The smallest absolute Gasteiger partial charge is 0.0824 e. The molecule has 0 spiro atoms. The van der Waals surface area contributed by atoms with Crippen LogP contribution in [-0.2, 0) is 0 Å². The maximum absolute atomic E-state index is 3.81. The molecule has 0 aliphatic rings. The molecule has 1 rings (SSSR count). The Labute approximate surface area is 112 Å². The Bertz CT molecular complexity index is 422. The first kappa shape index (κ1) is 14.5. The first-order chi connectivity index (χ1) is 8.64. The molecule has 1 atom stereocenters. The highest BCUT2D eigenvalue weighted by Crippen LogP contribution is 2.23. The van der Waals surface area contributed by atoms with Crippen molar-refractivity contribution in [3.05, 3.63) is 48.6 Å². The van der Waals surface area contributed by atoms with Gasteiger partial charge in [-0.1, -0.05) is 43.0 Å². The fraction of sp³-hybridized carbons (Fsp3) is 0.412. The largest absolute Gasteiger partial charge is 0.293 e. The summed E-state index contributed by atoms with van der Waals surface area (Å²) in [5.41, 5.74) is 1.03. The van der Waals surface area contributed by atoms with Crippen molar-refractivity contribution < 1.29 is 0 Å². The molecule has 0 N–H and O–H groups in total. The zero-order valence-corrected chi connectivity index (χ0v) is 11.7. The van der Waals surface area contributed by atoms with Crippen LogP contribution in [0.1, 0.15) is 31.7 Å². The maximum Gasteiger partial charge on any atom is 0.0824 e. The molecule has 1 heteroatoms. The number of rotatable bonds is 5. The fourth-order valence-corrected chi connectivity index (χ4v) is 2.03. The first-order valence-electron chi connectivity index (χ1n) is 6.51. The molecule has 18 heavy (non-hydrogen) atoms. The minimum atomic E-state index is -0.0516. The number of hydrogen-bond acceptors (Lipinski definition) is 1. The van der Waals surface area contributed by atoms with E-state index >= 15 is 0 Å². The van der Waals surface area contributed by atoms with Gasteiger partial charge in [0.2, 0.25) is 0 Å². The fourth-order valence-electron chi connectivity index (χ4n) is 2.03. The van der Waals surface area contributed by atoms with Crippen molar-refractivity contribution in [2.45, 2.75) is 31.7 Å². The van der Waals surface area contributed by atoms with Crippen LogP contribution in [0, 0.1) is 11.8 Å². The van der Waals surface area contributed by atoms with E-state index in [2.05, 4.69) is 56.5 Å². The molecule has 1 aromatic rings. The minimum absolute atomic E-state index is 0.0516. The zero-order valence-electron chi connectivity index (χ0n) is 11.7. The molecule has 0 aliphatic carbocycles. The highest BCUT2D eigenvalue weighted by atomic mass is 15.1. The SMILES string of the molecule is C=CCCC(C#Cc1ccccc1)(CC)N(C)C. The summed E-state index contributed by atoms with van der Waals surface area (Å²) in [6.07, 6.45) is 5.01. The summed E-state index contributed by atoms with van der Waals surface area (Å²) in [4.78, 5) is 2.23. The molecule has 1 nitrogen and oxygen atoms in total. The quantitative estimate of drug-likeness (QED) is 0.561. The second-order valence-electron chi connectivity index (χ2n) is 4.72. The minimum Gasteiger partial charge on any atom is -0.293 e. The molecule has 1 unspecified atom stereocenters. The molecule has 0 saturated heterocycles. The van der Waals surface area contributed by atoms with Gasteiger partial charge in [0.25, 0.3) is 0 Å². The third kappa shape index (κ3) is 3.75. The molecule has 0 amide bonds. The molecule has 0 bridgehead atoms. The molecular formula is C17H23N. The Balaban J connectivity index is 2.97. The second-order valence-corrected chi connectivity index (χ2v) is 4.72. The molecule has 0 fully saturated rings.